The average molecular weight is 271 g/mol. The molecule has 0 spiro atoms. The van der Waals surface area contributed by atoms with Crippen LogP contribution in [0.5, 0.6) is 5.88 Å². The topological polar surface area (TPSA) is 35.0 Å². The molecule has 14 heavy (non-hydrogen) atoms. The number of methoxy groups -OCH3 is 1. The molecule has 0 aliphatic carbocycles. The van der Waals surface area contributed by atoms with E-state index in [1.807, 2.05) is 24.3 Å². The summed E-state index contributed by atoms with van der Waals surface area (Å²) in [4.78, 5) is 0. The normalized spacial score (nSPS) is 10.1. The van der Waals surface area contributed by atoms with Crippen LogP contribution in [0, 0.1) is 0 Å². The van der Waals surface area contributed by atoms with E-state index in [4.69, 9.17) is 4.74 Å². The highest BCUT2D eigenvalue weighted by atomic mass is 79.9. The molecule has 0 aliphatic heterocycles. The van der Waals surface area contributed by atoms with Crippen LogP contribution in [0.25, 0.3) is 11.3 Å². The monoisotopic (exact) mass is 270 g/mol. The molecule has 2 aromatic rings. The van der Waals surface area contributed by atoms with Crippen LogP contribution in [-0.4, -0.2) is 15.9 Å². The first-order valence-electron chi connectivity index (χ1n) is 3.94. The highest BCUT2D eigenvalue weighted by Gasteiger charge is 2.10. The lowest BCUT2D eigenvalue weighted by molar-refractivity contribution is 0.403. The number of rotatable bonds is 2. The second kappa shape index (κ2) is 4.06. The second-order valence-electron chi connectivity index (χ2n) is 2.63. The van der Waals surface area contributed by atoms with Crippen LogP contribution in [-0.2, 0) is 0 Å². The molecule has 1 aromatic carbocycles. The van der Waals surface area contributed by atoms with Crippen molar-refractivity contribution in [2.45, 2.75) is 0 Å². The van der Waals surface area contributed by atoms with E-state index >= 15 is 0 Å². The van der Waals surface area contributed by atoms with Crippen LogP contribution in [0.2, 0.25) is 0 Å². The first kappa shape index (κ1) is 9.61. The summed E-state index contributed by atoms with van der Waals surface area (Å²) < 4.78 is 14.3. The van der Waals surface area contributed by atoms with Crippen molar-refractivity contribution in [1.29, 1.82) is 0 Å². The Morgan fingerprint density at radius 3 is 2.93 bits per heavy atom. The van der Waals surface area contributed by atoms with Gasteiger partial charge in [0, 0.05) is 10.0 Å². The molecule has 1 aromatic heterocycles. The van der Waals surface area contributed by atoms with E-state index in [-0.39, 0.29) is 0 Å². The van der Waals surface area contributed by atoms with Crippen LogP contribution in [0.1, 0.15) is 0 Å². The number of benzene rings is 1. The van der Waals surface area contributed by atoms with E-state index in [1.54, 1.807) is 7.11 Å². The SMILES string of the molecule is COc1nsnc1-c1cccc(Br)c1. The van der Waals surface area contributed by atoms with Crippen molar-refractivity contribution in [3.63, 3.8) is 0 Å². The summed E-state index contributed by atoms with van der Waals surface area (Å²) in [6.07, 6.45) is 0. The van der Waals surface area contributed by atoms with Crippen molar-refractivity contribution in [2.24, 2.45) is 0 Å². The van der Waals surface area contributed by atoms with Crippen LogP contribution in [0.15, 0.2) is 28.7 Å². The van der Waals surface area contributed by atoms with Gasteiger partial charge in [0.15, 0.2) is 0 Å². The Hall–Kier alpha value is -0.940. The Morgan fingerprint density at radius 2 is 2.21 bits per heavy atom. The maximum absolute atomic E-state index is 5.10. The fraction of sp³-hybridized carbons (Fsp3) is 0.111. The quantitative estimate of drug-likeness (QED) is 0.842. The molecular formula is C9H7BrN2OS. The molecule has 0 atom stereocenters. The van der Waals surface area contributed by atoms with Gasteiger partial charge in [-0.1, -0.05) is 28.1 Å². The van der Waals surface area contributed by atoms with Crippen LogP contribution >= 0.6 is 27.7 Å². The van der Waals surface area contributed by atoms with Crippen molar-refractivity contribution < 1.29 is 4.74 Å². The van der Waals surface area contributed by atoms with Crippen molar-refractivity contribution in [3.8, 4) is 17.1 Å². The van der Waals surface area contributed by atoms with Gasteiger partial charge in [-0.3, -0.25) is 0 Å². The zero-order valence-electron chi connectivity index (χ0n) is 7.40. The van der Waals surface area contributed by atoms with Gasteiger partial charge in [-0.2, -0.15) is 4.37 Å². The van der Waals surface area contributed by atoms with Gasteiger partial charge >= 0.3 is 0 Å². The number of halogens is 1. The van der Waals surface area contributed by atoms with Crippen LogP contribution < -0.4 is 4.74 Å². The number of ether oxygens (including phenoxy) is 1. The average Bonchev–Trinajstić information content (AvgIpc) is 2.65. The van der Waals surface area contributed by atoms with E-state index in [9.17, 15) is 0 Å². The molecular weight excluding hydrogens is 264 g/mol. The highest BCUT2D eigenvalue weighted by molar-refractivity contribution is 9.10. The van der Waals surface area contributed by atoms with Gasteiger partial charge in [0.25, 0.3) is 5.88 Å². The molecule has 0 aliphatic rings. The van der Waals surface area contributed by atoms with Gasteiger partial charge in [0.1, 0.15) is 5.69 Å². The first-order chi connectivity index (χ1) is 6.81. The fourth-order valence-corrected chi connectivity index (χ4v) is 2.07. The number of nitrogens with zero attached hydrogens (tertiary/aromatic N) is 2. The van der Waals surface area contributed by atoms with Crippen molar-refractivity contribution >= 4 is 27.7 Å². The largest absolute Gasteiger partial charge is 0.479 e. The highest BCUT2D eigenvalue weighted by Crippen LogP contribution is 2.28. The van der Waals surface area contributed by atoms with Gasteiger partial charge in [-0.15, -0.1) is 4.37 Å². The van der Waals surface area contributed by atoms with Gasteiger partial charge in [-0.25, -0.2) is 0 Å². The van der Waals surface area contributed by atoms with E-state index in [0.717, 1.165) is 27.5 Å². The van der Waals surface area contributed by atoms with E-state index in [0.29, 0.717) is 5.88 Å². The first-order valence-corrected chi connectivity index (χ1v) is 5.46. The van der Waals surface area contributed by atoms with Crippen molar-refractivity contribution in [2.75, 3.05) is 7.11 Å². The minimum Gasteiger partial charge on any atom is -0.479 e. The molecule has 5 heteroatoms. The number of hydrogen-bond donors (Lipinski definition) is 0. The van der Waals surface area contributed by atoms with Crippen molar-refractivity contribution in [3.05, 3.63) is 28.7 Å². The summed E-state index contributed by atoms with van der Waals surface area (Å²) in [6.45, 7) is 0. The standard InChI is InChI=1S/C9H7BrN2OS/c1-13-9-8(11-14-12-9)6-3-2-4-7(10)5-6/h2-5H,1H3. The Morgan fingerprint density at radius 1 is 1.36 bits per heavy atom. The predicted octanol–water partition coefficient (Wildman–Crippen LogP) is 2.98. The van der Waals surface area contributed by atoms with Gasteiger partial charge in [0.2, 0.25) is 0 Å². The van der Waals surface area contributed by atoms with E-state index < -0.39 is 0 Å². The van der Waals surface area contributed by atoms with Crippen LogP contribution in [0.4, 0.5) is 0 Å². The number of hydrogen-bond acceptors (Lipinski definition) is 4. The molecule has 0 fully saturated rings. The summed E-state index contributed by atoms with van der Waals surface area (Å²) in [7, 11) is 1.60. The zero-order valence-corrected chi connectivity index (χ0v) is 9.80. The summed E-state index contributed by atoms with van der Waals surface area (Å²) in [5.41, 5.74) is 1.80. The van der Waals surface area contributed by atoms with E-state index in [1.165, 1.54) is 0 Å². The molecule has 0 amide bonds. The molecule has 0 N–H and O–H groups in total. The van der Waals surface area contributed by atoms with Gasteiger partial charge in [-0.05, 0) is 12.1 Å². The van der Waals surface area contributed by atoms with Crippen LogP contribution in [0.3, 0.4) is 0 Å². The predicted molar refractivity (Wildman–Crippen MR) is 59.6 cm³/mol. The van der Waals surface area contributed by atoms with E-state index in [2.05, 4.69) is 24.7 Å². The minimum atomic E-state index is 0.577. The molecule has 0 saturated carbocycles. The molecule has 1 heterocycles. The molecule has 0 unspecified atom stereocenters. The zero-order chi connectivity index (χ0) is 9.97. The smallest absolute Gasteiger partial charge is 0.253 e. The maximum atomic E-state index is 5.10. The molecule has 0 saturated heterocycles. The van der Waals surface area contributed by atoms with Gasteiger partial charge < -0.3 is 4.74 Å². The third-order valence-electron chi connectivity index (χ3n) is 1.75. The molecule has 72 valence electrons. The molecule has 2 rings (SSSR count). The molecule has 3 nitrogen and oxygen atoms in total. The Kier molecular flexibility index (Phi) is 2.79. The summed E-state index contributed by atoms with van der Waals surface area (Å²) >= 11 is 4.56. The summed E-state index contributed by atoms with van der Waals surface area (Å²) in [5, 5.41) is 0. The van der Waals surface area contributed by atoms with Crippen molar-refractivity contribution in [1.82, 2.24) is 8.75 Å². The molecule has 0 bridgehead atoms. The second-order valence-corrected chi connectivity index (χ2v) is 4.08. The Bertz CT molecular complexity index is 444. The van der Waals surface area contributed by atoms with Gasteiger partial charge in [0.05, 0.1) is 18.8 Å². The lowest BCUT2D eigenvalue weighted by Gasteiger charge is -1.99. The maximum Gasteiger partial charge on any atom is 0.253 e. The minimum absolute atomic E-state index is 0.577. The fourth-order valence-electron chi connectivity index (χ4n) is 1.13. The third-order valence-corrected chi connectivity index (χ3v) is 2.75. The Labute approximate surface area is 94.2 Å². The molecule has 0 radical (unpaired) electrons. The number of aromatic nitrogens is 2. The summed E-state index contributed by atoms with van der Waals surface area (Å²) in [6, 6.07) is 7.89. The third kappa shape index (κ3) is 1.78. The lowest BCUT2D eigenvalue weighted by atomic mass is 10.2. The Balaban J connectivity index is 2.49. The lowest BCUT2D eigenvalue weighted by Crippen LogP contribution is -1.86. The summed E-state index contributed by atoms with van der Waals surface area (Å²) in [5.74, 6) is 0.577.